The summed E-state index contributed by atoms with van der Waals surface area (Å²) in [5, 5.41) is 7.79. The maximum Gasteiger partial charge on any atom is 0.307 e. The molecule has 0 aliphatic carbocycles. The molecule has 0 aliphatic rings. The van der Waals surface area contributed by atoms with Crippen molar-refractivity contribution in [2.45, 2.75) is 19.9 Å². The van der Waals surface area contributed by atoms with Crippen molar-refractivity contribution in [2.75, 3.05) is 6.61 Å². The van der Waals surface area contributed by atoms with Crippen LogP contribution in [0.4, 0.5) is 4.39 Å². The molecule has 0 amide bonds. The monoisotopic (exact) mass is 108 g/mol. The molecular formula is C4H9FO2. The highest BCUT2D eigenvalue weighted by molar-refractivity contribution is 4.19. The first kappa shape index (κ1) is 6.85. The molecule has 0 aromatic heterocycles. The van der Waals surface area contributed by atoms with Crippen LogP contribution in [-0.4, -0.2) is 18.3 Å². The second kappa shape index (κ2) is 4.02. The SMILES string of the molecule is CCCOC(O)F. The third kappa shape index (κ3) is 5.85. The number of ether oxygens (including phenoxy) is 1. The minimum Gasteiger partial charge on any atom is -0.342 e. The summed E-state index contributed by atoms with van der Waals surface area (Å²) in [6, 6.07) is 0. The topological polar surface area (TPSA) is 29.5 Å². The number of alkyl halides is 1. The zero-order chi connectivity index (χ0) is 5.70. The van der Waals surface area contributed by atoms with Gasteiger partial charge in [0.15, 0.2) is 0 Å². The lowest BCUT2D eigenvalue weighted by Crippen LogP contribution is -2.04. The van der Waals surface area contributed by atoms with Crippen molar-refractivity contribution in [3.05, 3.63) is 0 Å². The minimum absolute atomic E-state index is 0.275. The van der Waals surface area contributed by atoms with E-state index in [2.05, 4.69) is 4.74 Å². The molecule has 7 heavy (non-hydrogen) atoms. The van der Waals surface area contributed by atoms with Crippen LogP contribution in [0.2, 0.25) is 0 Å². The summed E-state index contributed by atoms with van der Waals surface area (Å²) in [7, 11) is 0. The van der Waals surface area contributed by atoms with Crippen LogP contribution in [0.15, 0.2) is 0 Å². The lowest BCUT2D eigenvalue weighted by atomic mass is 10.5. The van der Waals surface area contributed by atoms with E-state index < -0.39 is 6.54 Å². The Morgan fingerprint density at radius 3 is 2.57 bits per heavy atom. The molecule has 3 heteroatoms. The van der Waals surface area contributed by atoms with E-state index in [-0.39, 0.29) is 6.61 Å². The predicted octanol–water partition coefficient (Wildman–Crippen LogP) is 0.658. The molecule has 2 nitrogen and oxygen atoms in total. The molecule has 0 radical (unpaired) electrons. The average Bonchev–Trinajstić information content (AvgIpc) is 1.61. The van der Waals surface area contributed by atoms with E-state index in [1.165, 1.54) is 0 Å². The molecule has 0 bridgehead atoms. The average molecular weight is 108 g/mol. The van der Waals surface area contributed by atoms with Crippen LogP contribution in [-0.2, 0) is 4.74 Å². The van der Waals surface area contributed by atoms with Crippen molar-refractivity contribution in [1.29, 1.82) is 0 Å². The quantitative estimate of drug-likeness (QED) is 0.538. The first-order chi connectivity index (χ1) is 3.27. The minimum atomic E-state index is -2.10. The van der Waals surface area contributed by atoms with Gasteiger partial charge in [0.2, 0.25) is 0 Å². The third-order valence-corrected chi connectivity index (χ3v) is 0.460. The molecule has 1 unspecified atom stereocenters. The van der Waals surface area contributed by atoms with Crippen LogP contribution >= 0.6 is 0 Å². The summed E-state index contributed by atoms with van der Waals surface area (Å²) < 4.78 is 15.3. The zero-order valence-corrected chi connectivity index (χ0v) is 4.22. The van der Waals surface area contributed by atoms with Crippen LogP contribution in [0.25, 0.3) is 0 Å². The molecule has 0 rings (SSSR count). The lowest BCUT2D eigenvalue weighted by molar-refractivity contribution is -0.183. The standard InChI is InChI=1S/C4H9FO2/c1-2-3-7-4(5)6/h4,6H,2-3H2,1H3. The van der Waals surface area contributed by atoms with Gasteiger partial charge in [0.05, 0.1) is 6.61 Å². The molecule has 0 aromatic rings. The maximum atomic E-state index is 11.2. The van der Waals surface area contributed by atoms with E-state index in [0.717, 1.165) is 6.42 Å². The second-order valence-electron chi connectivity index (χ2n) is 1.16. The predicted molar refractivity (Wildman–Crippen MR) is 23.4 cm³/mol. The van der Waals surface area contributed by atoms with Crippen molar-refractivity contribution >= 4 is 0 Å². The smallest absolute Gasteiger partial charge is 0.307 e. The van der Waals surface area contributed by atoms with E-state index in [4.69, 9.17) is 5.11 Å². The number of hydrogen-bond acceptors (Lipinski definition) is 2. The first-order valence-corrected chi connectivity index (χ1v) is 2.21. The lowest BCUT2D eigenvalue weighted by Gasteiger charge is -1.98. The number of rotatable bonds is 3. The molecule has 0 fully saturated rings. The molecule has 0 saturated heterocycles. The van der Waals surface area contributed by atoms with E-state index in [9.17, 15) is 4.39 Å². The third-order valence-electron chi connectivity index (χ3n) is 0.460. The van der Waals surface area contributed by atoms with Gasteiger partial charge in [-0.3, -0.25) is 0 Å². The normalized spacial score (nSPS) is 14.1. The van der Waals surface area contributed by atoms with E-state index >= 15 is 0 Å². The van der Waals surface area contributed by atoms with Gasteiger partial charge in [0.25, 0.3) is 0 Å². The number of halogens is 1. The van der Waals surface area contributed by atoms with Gasteiger partial charge in [0, 0.05) is 0 Å². The van der Waals surface area contributed by atoms with Crippen molar-refractivity contribution in [3.63, 3.8) is 0 Å². The van der Waals surface area contributed by atoms with Crippen LogP contribution in [0.5, 0.6) is 0 Å². The van der Waals surface area contributed by atoms with Gasteiger partial charge in [-0.25, -0.2) is 0 Å². The highest BCUT2D eigenvalue weighted by Gasteiger charge is 1.93. The van der Waals surface area contributed by atoms with Crippen molar-refractivity contribution in [2.24, 2.45) is 0 Å². The Hall–Kier alpha value is -0.150. The molecule has 44 valence electrons. The van der Waals surface area contributed by atoms with Crippen molar-refractivity contribution < 1.29 is 14.2 Å². The number of aliphatic hydroxyl groups is 1. The fourth-order valence-electron chi connectivity index (χ4n) is 0.215. The molecule has 0 spiro atoms. The summed E-state index contributed by atoms with van der Waals surface area (Å²) in [6.45, 7) is 0.0139. The summed E-state index contributed by atoms with van der Waals surface area (Å²) in [4.78, 5) is 0. The van der Waals surface area contributed by atoms with Gasteiger partial charge in [-0.15, -0.1) is 0 Å². The molecular weight excluding hydrogens is 99.0 g/mol. The fraction of sp³-hybridized carbons (Fsp3) is 1.00. The summed E-state index contributed by atoms with van der Waals surface area (Å²) in [6.07, 6.45) is 0.723. The first-order valence-electron chi connectivity index (χ1n) is 2.21. The van der Waals surface area contributed by atoms with Gasteiger partial charge in [-0.2, -0.15) is 4.39 Å². The largest absolute Gasteiger partial charge is 0.342 e. The molecule has 1 N–H and O–H groups in total. The zero-order valence-electron chi connectivity index (χ0n) is 4.22. The molecule has 0 aromatic carbocycles. The summed E-state index contributed by atoms with van der Waals surface area (Å²) in [5.74, 6) is 0. The Labute approximate surface area is 41.9 Å². The Morgan fingerprint density at radius 2 is 2.43 bits per heavy atom. The molecule has 0 heterocycles. The second-order valence-corrected chi connectivity index (χ2v) is 1.16. The van der Waals surface area contributed by atoms with Crippen LogP contribution in [0, 0.1) is 0 Å². The van der Waals surface area contributed by atoms with E-state index in [0.29, 0.717) is 0 Å². The van der Waals surface area contributed by atoms with Gasteiger partial charge in [0.1, 0.15) is 0 Å². The Bertz CT molecular complexity index is 38.7. The van der Waals surface area contributed by atoms with E-state index in [1.807, 2.05) is 6.92 Å². The van der Waals surface area contributed by atoms with Crippen molar-refractivity contribution in [1.82, 2.24) is 0 Å². The molecule has 0 aliphatic heterocycles. The van der Waals surface area contributed by atoms with Crippen molar-refractivity contribution in [3.8, 4) is 0 Å². The molecule has 1 atom stereocenters. The van der Waals surface area contributed by atoms with Gasteiger partial charge in [-0.05, 0) is 6.42 Å². The van der Waals surface area contributed by atoms with Gasteiger partial charge >= 0.3 is 6.54 Å². The highest BCUT2D eigenvalue weighted by Crippen LogP contribution is 1.87. The fourth-order valence-corrected chi connectivity index (χ4v) is 0.215. The molecule has 0 saturated carbocycles. The summed E-state index contributed by atoms with van der Waals surface area (Å²) in [5.41, 5.74) is 0. The maximum absolute atomic E-state index is 11.2. The Morgan fingerprint density at radius 1 is 1.86 bits per heavy atom. The van der Waals surface area contributed by atoms with Gasteiger partial charge < -0.3 is 9.84 Å². The summed E-state index contributed by atoms with van der Waals surface area (Å²) >= 11 is 0. The van der Waals surface area contributed by atoms with Gasteiger partial charge in [-0.1, -0.05) is 6.92 Å². The number of hydrogen-bond donors (Lipinski definition) is 1. The highest BCUT2D eigenvalue weighted by atomic mass is 19.2. The van der Waals surface area contributed by atoms with Crippen LogP contribution in [0.3, 0.4) is 0 Å². The van der Waals surface area contributed by atoms with Crippen LogP contribution in [0.1, 0.15) is 13.3 Å². The Balaban J connectivity index is 2.68. The number of aliphatic hydroxyl groups excluding tert-OH is 1. The van der Waals surface area contributed by atoms with E-state index in [1.54, 1.807) is 0 Å². The Kier molecular flexibility index (Phi) is 3.93. The van der Waals surface area contributed by atoms with Crippen LogP contribution < -0.4 is 0 Å².